The number of hydrogen-bond acceptors (Lipinski definition) is 17. The van der Waals surface area contributed by atoms with Crippen LogP contribution in [0, 0.1) is 0 Å². The summed E-state index contributed by atoms with van der Waals surface area (Å²) >= 11 is 0. The zero-order valence-electron chi connectivity index (χ0n) is 40.9. The fourth-order valence-electron chi connectivity index (χ4n) is 5.96. The largest absolute Gasteiger partial charge is 0.463 e. The van der Waals surface area contributed by atoms with Gasteiger partial charge >= 0.3 is 5.97 Å². The Morgan fingerprint density at radius 2 is 0.538 bits per heavy atom. The van der Waals surface area contributed by atoms with Crippen molar-refractivity contribution >= 4 is 5.97 Å². The van der Waals surface area contributed by atoms with Gasteiger partial charge in [-0.15, -0.1) is 0 Å². The maximum atomic E-state index is 11.4. The summed E-state index contributed by atoms with van der Waals surface area (Å²) < 4.78 is 76.3. The molecule has 2 N–H and O–H groups in total. The minimum atomic E-state index is -1.06. The first-order valence-corrected chi connectivity index (χ1v) is 25.2. The van der Waals surface area contributed by atoms with Gasteiger partial charge in [-0.2, -0.15) is 0 Å². The van der Waals surface area contributed by atoms with Crippen molar-refractivity contribution in [1.82, 2.24) is 0 Å². The van der Waals surface area contributed by atoms with Crippen LogP contribution < -0.4 is 0 Å². The van der Waals surface area contributed by atoms with Crippen LogP contribution in [0.3, 0.4) is 0 Å². The molecule has 0 saturated carbocycles. The lowest BCUT2D eigenvalue weighted by atomic mass is 10.0. The SMILES string of the molecule is CCCCCCCCCCCCCCCCCCOCCOCCOCCOCCOCCOCCOCCOCCOCCOCCOCCOCCOCCC(=O)OCC(O)CO. The molecule has 0 amide bonds. The molecular formula is C48H96O17. The van der Waals surface area contributed by atoms with E-state index in [1.54, 1.807) is 0 Å². The van der Waals surface area contributed by atoms with Gasteiger partial charge in [-0.25, -0.2) is 0 Å². The lowest BCUT2D eigenvalue weighted by molar-refractivity contribution is -0.148. The molecule has 0 aromatic carbocycles. The second-order valence-corrected chi connectivity index (χ2v) is 15.5. The van der Waals surface area contributed by atoms with Crippen LogP contribution in [-0.2, 0) is 71.1 Å². The fourth-order valence-corrected chi connectivity index (χ4v) is 5.96. The quantitative estimate of drug-likeness (QED) is 0.0554. The maximum Gasteiger partial charge on any atom is 0.308 e. The molecule has 390 valence electrons. The van der Waals surface area contributed by atoms with Crippen LogP contribution in [0.25, 0.3) is 0 Å². The summed E-state index contributed by atoms with van der Waals surface area (Å²) in [6.07, 6.45) is 21.1. The third kappa shape index (κ3) is 58.9. The lowest BCUT2D eigenvalue weighted by Crippen LogP contribution is -2.22. The Morgan fingerprint density at radius 1 is 0.323 bits per heavy atom. The van der Waals surface area contributed by atoms with Gasteiger partial charge in [-0.1, -0.05) is 103 Å². The summed E-state index contributed by atoms with van der Waals surface area (Å²) in [6.45, 7) is 14.4. The van der Waals surface area contributed by atoms with Crippen LogP contribution in [0.15, 0.2) is 0 Å². The predicted molar refractivity (Wildman–Crippen MR) is 249 cm³/mol. The molecule has 0 aromatic heterocycles. The van der Waals surface area contributed by atoms with Gasteiger partial charge in [-0.05, 0) is 6.42 Å². The molecule has 17 heteroatoms. The van der Waals surface area contributed by atoms with Gasteiger partial charge in [0.25, 0.3) is 0 Å². The van der Waals surface area contributed by atoms with E-state index in [4.69, 9.17) is 76.5 Å². The van der Waals surface area contributed by atoms with Crippen LogP contribution >= 0.6 is 0 Å². The van der Waals surface area contributed by atoms with Crippen LogP contribution in [-0.4, -0.2) is 207 Å². The fraction of sp³-hybridized carbons (Fsp3) is 0.979. The standard InChI is InChI=1S/C48H96O17/c1-2-3-4-5-6-7-8-9-10-11-12-13-14-15-16-17-19-52-21-23-54-25-27-56-29-31-58-33-35-60-37-39-62-41-43-64-44-42-63-40-38-61-36-34-59-32-30-57-28-26-55-24-22-53-20-18-48(51)65-46-47(50)45-49/h47,49-50H,2-46H2,1H3. The average molecular weight is 945 g/mol. The van der Waals surface area contributed by atoms with Crippen molar-refractivity contribution in [1.29, 1.82) is 0 Å². The Labute approximate surface area is 393 Å². The number of aliphatic hydroxyl groups is 2. The van der Waals surface area contributed by atoms with Crippen molar-refractivity contribution in [2.24, 2.45) is 0 Å². The third-order valence-electron chi connectivity index (χ3n) is 9.70. The first-order valence-electron chi connectivity index (χ1n) is 25.2. The monoisotopic (exact) mass is 945 g/mol. The average Bonchev–Trinajstić information content (AvgIpc) is 3.32. The molecule has 0 rings (SSSR count). The molecule has 0 aliphatic rings. The summed E-state index contributed by atoms with van der Waals surface area (Å²) in [4.78, 5) is 11.4. The second kappa shape index (κ2) is 59.0. The number of carbonyl (C=O) groups excluding carboxylic acids is 1. The normalized spacial score (nSPS) is 12.1. The molecule has 1 unspecified atom stereocenters. The van der Waals surface area contributed by atoms with Gasteiger partial charge in [0.05, 0.1) is 178 Å². The number of ether oxygens (including phenoxy) is 14. The lowest BCUT2D eigenvalue weighted by Gasteiger charge is -2.09. The van der Waals surface area contributed by atoms with Gasteiger partial charge in [0.15, 0.2) is 0 Å². The molecule has 0 spiro atoms. The molecule has 0 heterocycles. The van der Waals surface area contributed by atoms with Crippen molar-refractivity contribution in [3.8, 4) is 0 Å². The van der Waals surface area contributed by atoms with Crippen molar-refractivity contribution in [2.75, 3.05) is 185 Å². The van der Waals surface area contributed by atoms with Crippen molar-refractivity contribution < 1.29 is 81.3 Å². The molecule has 0 aliphatic carbocycles. The van der Waals surface area contributed by atoms with Crippen molar-refractivity contribution in [3.63, 3.8) is 0 Å². The molecule has 0 fully saturated rings. The summed E-state index contributed by atoms with van der Waals surface area (Å²) in [7, 11) is 0. The highest BCUT2D eigenvalue weighted by Crippen LogP contribution is 2.13. The number of rotatable bonds is 59. The Morgan fingerprint density at radius 3 is 0.785 bits per heavy atom. The van der Waals surface area contributed by atoms with Crippen LogP contribution in [0.2, 0.25) is 0 Å². The van der Waals surface area contributed by atoms with Gasteiger partial charge in [0, 0.05) is 6.61 Å². The minimum Gasteiger partial charge on any atom is -0.463 e. The number of aliphatic hydroxyl groups excluding tert-OH is 2. The van der Waals surface area contributed by atoms with E-state index in [0.717, 1.165) is 13.0 Å². The maximum absolute atomic E-state index is 11.4. The molecular weight excluding hydrogens is 849 g/mol. The molecule has 1 atom stereocenters. The third-order valence-corrected chi connectivity index (χ3v) is 9.70. The van der Waals surface area contributed by atoms with E-state index in [1.165, 1.54) is 96.3 Å². The molecule has 0 bridgehead atoms. The van der Waals surface area contributed by atoms with E-state index in [0.29, 0.717) is 159 Å². The summed E-state index contributed by atoms with van der Waals surface area (Å²) in [5.41, 5.74) is 0. The van der Waals surface area contributed by atoms with Gasteiger partial charge < -0.3 is 76.5 Å². The molecule has 65 heavy (non-hydrogen) atoms. The van der Waals surface area contributed by atoms with Gasteiger partial charge in [-0.3, -0.25) is 4.79 Å². The van der Waals surface area contributed by atoms with Gasteiger partial charge in [0.1, 0.15) is 12.7 Å². The number of carbonyl (C=O) groups is 1. The summed E-state index contributed by atoms with van der Waals surface area (Å²) in [5, 5.41) is 17.8. The predicted octanol–water partition coefficient (Wildman–Crippen LogP) is 5.75. The zero-order valence-corrected chi connectivity index (χ0v) is 40.9. The smallest absolute Gasteiger partial charge is 0.308 e. The minimum absolute atomic E-state index is 0.0656. The van der Waals surface area contributed by atoms with Crippen LogP contribution in [0.4, 0.5) is 0 Å². The molecule has 17 nitrogen and oxygen atoms in total. The summed E-state index contributed by atoms with van der Waals surface area (Å²) in [6, 6.07) is 0. The van der Waals surface area contributed by atoms with Crippen molar-refractivity contribution in [2.45, 2.75) is 122 Å². The molecule has 0 saturated heterocycles. The zero-order chi connectivity index (χ0) is 46.9. The number of unbranched alkanes of at least 4 members (excludes halogenated alkanes) is 15. The van der Waals surface area contributed by atoms with E-state index in [-0.39, 0.29) is 19.6 Å². The molecule has 0 aliphatic heterocycles. The Hall–Kier alpha value is -1.13. The number of esters is 1. The molecule has 0 radical (unpaired) electrons. The van der Waals surface area contributed by atoms with E-state index in [1.807, 2.05) is 0 Å². The Kier molecular flexibility index (Phi) is 58.0. The van der Waals surface area contributed by atoms with E-state index >= 15 is 0 Å². The van der Waals surface area contributed by atoms with E-state index < -0.39 is 18.7 Å². The Balaban J connectivity index is 3.09. The second-order valence-electron chi connectivity index (χ2n) is 15.5. The number of hydrogen-bond donors (Lipinski definition) is 2. The van der Waals surface area contributed by atoms with E-state index in [9.17, 15) is 4.79 Å². The first kappa shape index (κ1) is 63.9. The van der Waals surface area contributed by atoms with Crippen LogP contribution in [0.1, 0.15) is 116 Å². The van der Waals surface area contributed by atoms with Crippen LogP contribution in [0.5, 0.6) is 0 Å². The highest BCUT2D eigenvalue weighted by Gasteiger charge is 2.07. The van der Waals surface area contributed by atoms with Gasteiger partial charge in [0.2, 0.25) is 0 Å². The highest BCUT2D eigenvalue weighted by atomic mass is 16.6. The van der Waals surface area contributed by atoms with E-state index in [2.05, 4.69) is 6.92 Å². The molecule has 0 aromatic rings. The topological polar surface area (TPSA) is 187 Å². The highest BCUT2D eigenvalue weighted by molar-refractivity contribution is 5.69. The van der Waals surface area contributed by atoms with Crippen molar-refractivity contribution in [3.05, 3.63) is 0 Å². The first-order chi connectivity index (χ1) is 32.2. The Bertz CT molecular complexity index is 878. The summed E-state index contributed by atoms with van der Waals surface area (Å²) in [5.74, 6) is -0.496.